The molecule has 0 bridgehead atoms. The molecule has 0 aliphatic rings. The van der Waals surface area contributed by atoms with Crippen LogP contribution in [0.1, 0.15) is 15.9 Å². The fraction of sp³-hybridized carbons (Fsp3) is 0.0714. The van der Waals surface area contributed by atoms with Gasteiger partial charge in [0.1, 0.15) is 24.5 Å². The molecule has 2 aromatic carbocycles. The largest absolute Gasteiger partial charge is 0.489 e. The minimum atomic E-state index is -1.71. The maximum absolute atomic E-state index is 12.7. The number of hydrogen-bond acceptors (Lipinski definition) is 4. The predicted molar refractivity (Wildman–Crippen MR) is 72.4 cm³/mol. The average Bonchev–Trinajstić information content (AvgIpc) is 2.46. The van der Waals surface area contributed by atoms with Crippen molar-refractivity contribution < 1.29 is 24.0 Å². The minimum absolute atomic E-state index is 0.120. The molecule has 0 fully saturated rings. The lowest BCUT2D eigenvalue weighted by Gasteiger charge is -2.09. The molecule has 0 heterocycles. The van der Waals surface area contributed by atoms with E-state index >= 15 is 0 Å². The molecule has 20 heavy (non-hydrogen) atoms. The van der Waals surface area contributed by atoms with Crippen LogP contribution in [0.3, 0.4) is 0 Å². The van der Waals surface area contributed by atoms with Gasteiger partial charge in [0.25, 0.3) is 0 Å². The molecule has 0 aliphatic heterocycles. The molecule has 0 spiro atoms. The first-order valence-electron chi connectivity index (χ1n) is 5.92. The van der Waals surface area contributed by atoms with Gasteiger partial charge in [-0.05, 0) is 35.3 Å². The van der Waals surface area contributed by atoms with Crippen LogP contribution in [0.4, 0.5) is 4.39 Å². The molecule has 0 saturated heterocycles. The highest BCUT2D eigenvalue weighted by Gasteiger charge is 2.16. The molecule has 2 N–H and O–H groups in total. The van der Waals surface area contributed by atoms with Gasteiger partial charge in [-0.25, -0.2) is 4.39 Å². The van der Waals surface area contributed by atoms with Gasteiger partial charge in [-0.3, -0.25) is 4.79 Å². The van der Waals surface area contributed by atoms with Crippen molar-refractivity contribution in [1.29, 1.82) is 0 Å². The predicted octanol–water partition coefficient (Wildman–Crippen LogP) is 0.897. The van der Waals surface area contributed by atoms with Gasteiger partial charge in [0.15, 0.2) is 0 Å². The van der Waals surface area contributed by atoms with E-state index in [9.17, 15) is 9.18 Å². The lowest BCUT2D eigenvalue weighted by Crippen LogP contribution is -2.32. The van der Waals surface area contributed by atoms with Crippen LogP contribution in [0.5, 0.6) is 5.75 Å². The maximum Gasteiger partial charge on any atom is 0.489 e. The van der Waals surface area contributed by atoms with E-state index in [1.165, 1.54) is 30.3 Å². The number of rotatable bonds is 5. The summed E-state index contributed by atoms with van der Waals surface area (Å²) < 4.78 is 18.2. The fourth-order valence-electron chi connectivity index (χ4n) is 1.73. The van der Waals surface area contributed by atoms with Crippen molar-refractivity contribution in [3.63, 3.8) is 0 Å². The van der Waals surface area contributed by atoms with E-state index in [-0.39, 0.29) is 23.5 Å². The first kappa shape index (κ1) is 14.2. The lowest BCUT2D eigenvalue weighted by molar-refractivity contribution is 0.112. The van der Waals surface area contributed by atoms with Crippen LogP contribution in [-0.4, -0.2) is 23.5 Å². The summed E-state index contributed by atoms with van der Waals surface area (Å²) in [7, 11) is -1.71. The number of halogens is 1. The third kappa shape index (κ3) is 3.43. The Bertz CT molecular complexity index is 599. The second-order valence-corrected chi connectivity index (χ2v) is 4.20. The summed E-state index contributed by atoms with van der Waals surface area (Å²) in [6.45, 7) is 0.222. The fourth-order valence-corrected chi connectivity index (χ4v) is 1.73. The van der Waals surface area contributed by atoms with Crippen LogP contribution in [0.2, 0.25) is 0 Å². The Labute approximate surface area is 115 Å². The highest BCUT2D eigenvalue weighted by molar-refractivity contribution is 6.60. The van der Waals surface area contributed by atoms with Crippen molar-refractivity contribution in [2.45, 2.75) is 6.61 Å². The molecule has 0 unspecified atom stereocenters. The summed E-state index contributed by atoms with van der Waals surface area (Å²) in [4.78, 5) is 10.9. The van der Waals surface area contributed by atoms with E-state index in [4.69, 9.17) is 14.8 Å². The first-order valence-corrected chi connectivity index (χ1v) is 5.92. The van der Waals surface area contributed by atoms with E-state index in [2.05, 4.69) is 0 Å². The third-order valence-corrected chi connectivity index (χ3v) is 2.78. The Balaban J connectivity index is 2.10. The normalized spacial score (nSPS) is 10.2. The standard InChI is InChI=1S/C14H12BFO4/c16-12-3-1-10(2-4-12)9-20-13-5-6-14(15(18)19)11(7-13)8-17/h1-8,18-19H,9H2. The Kier molecular flexibility index (Phi) is 4.50. The smallest absolute Gasteiger partial charge is 0.489 e. The van der Waals surface area contributed by atoms with Gasteiger partial charge in [-0.2, -0.15) is 0 Å². The summed E-state index contributed by atoms with van der Waals surface area (Å²) >= 11 is 0. The number of carbonyl (C=O) groups excluding carboxylic acids is 1. The Hall–Kier alpha value is -2.18. The van der Waals surface area contributed by atoms with E-state index in [0.717, 1.165) is 5.56 Å². The van der Waals surface area contributed by atoms with Crippen LogP contribution in [0, 0.1) is 5.82 Å². The molecular weight excluding hydrogens is 262 g/mol. The van der Waals surface area contributed by atoms with E-state index in [1.807, 2.05) is 0 Å². The van der Waals surface area contributed by atoms with Crippen molar-refractivity contribution in [2.24, 2.45) is 0 Å². The first-order chi connectivity index (χ1) is 9.60. The van der Waals surface area contributed by atoms with Crippen molar-refractivity contribution in [3.05, 3.63) is 59.4 Å². The topological polar surface area (TPSA) is 66.8 Å². The monoisotopic (exact) mass is 274 g/mol. The van der Waals surface area contributed by atoms with Crippen molar-refractivity contribution in [1.82, 2.24) is 0 Å². The second-order valence-electron chi connectivity index (χ2n) is 4.20. The summed E-state index contributed by atoms with van der Waals surface area (Å²) in [5, 5.41) is 18.2. The van der Waals surface area contributed by atoms with Gasteiger partial charge in [-0.1, -0.05) is 18.2 Å². The highest BCUT2D eigenvalue weighted by atomic mass is 19.1. The molecule has 0 radical (unpaired) electrons. The Morgan fingerprint density at radius 3 is 2.45 bits per heavy atom. The molecule has 0 amide bonds. The van der Waals surface area contributed by atoms with Gasteiger partial charge in [0.05, 0.1) is 0 Å². The number of carbonyl (C=O) groups is 1. The second kappa shape index (κ2) is 6.32. The summed E-state index contributed by atoms with van der Waals surface area (Å²) in [5.41, 5.74) is 1.05. The van der Waals surface area contributed by atoms with E-state index < -0.39 is 7.12 Å². The molecule has 0 aromatic heterocycles. The van der Waals surface area contributed by atoms with Crippen LogP contribution in [0.15, 0.2) is 42.5 Å². The van der Waals surface area contributed by atoms with Crippen molar-refractivity contribution in [2.75, 3.05) is 0 Å². The van der Waals surface area contributed by atoms with Crippen molar-refractivity contribution in [3.8, 4) is 5.75 Å². The summed E-state index contributed by atoms with van der Waals surface area (Å²) in [5.74, 6) is 0.0964. The van der Waals surface area contributed by atoms with Crippen LogP contribution in [-0.2, 0) is 6.61 Å². The molecule has 2 rings (SSSR count). The van der Waals surface area contributed by atoms with E-state index in [1.54, 1.807) is 12.1 Å². The van der Waals surface area contributed by atoms with Gasteiger partial charge in [0.2, 0.25) is 0 Å². The molecule has 6 heteroatoms. The highest BCUT2D eigenvalue weighted by Crippen LogP contribution is 2.14. The SMILES string of the molecule is O=Cc1cc(OCc2ccc(F)cc2)ccc1B(O)O. The van der Waals surface area contributed by atoms with Crippen molar-refractivity contribution >= 4 is 18.9 Å². The molecule has 2 aromatic rings. The summed E-state index contributed by atoms with van der Waals surface area (Å²) in [6.07, 6.45) is 0.527. The quantitative estimate of drug-likeness (QED) is 0.628. The Morgan fingerprint density at radius 1 is 1.15 bits per heavy atom. The van der Waals surface area contributed by atoms with Crippen LogP contribution in [0.25, 0.3) is 0 Å². The van der Waals surface area contributed by atoms with Crippen LogP contribution >= 0.6 is 0 Å². The molecule has 0 aliphatic carbocycles. The molecule has 4 nitrogen and oxygen atoms in total. The van der Waals surface area contributed by atoms with Crippen LogP contribution < -0.4 is 10.2 Å². The molecule has 102 valence electrons. The molecule has 0 atom stereocenters. The number of aldehydes is 1. The Morgan fingerprint density at radius 2 is 1.85 bits per heavy atom. The average molecular weight is 274 g/mol. The third-order valence-electron chi connectivity index (χ3n) is 2.78. The van der Waals surface area contributed by atoms with Gasteiger partial charge < -0.3 is 14.8 Å². The number of hydrogen-bond donors (Lipinski definition) is 2. The van der Waals surface area contributed by atoms with Gasteiger partial charge in [-0.15, -0.1) is 0 Å². The molecular formula is C14H12BFO4. The lowest BCUT2D eigenvalue weighted by atomic mass is 9.77. The maximum atomic E-state index is 12.7. The molecule has 0 saturated carbocycles. The summed E-state index contributed by atoms with van der Waals surface area (Å²) in [6, 6.07) is 10.2. The van der Waals surface area contributed by atoms with Gasteiger partial charge >= 0.3 is 7.12 Å². The number of ether oxygens (including phenoxy) is 1. The minimum Gasteiger partial charge on any atom is -0.489 e. The zero-order valence-corrected chi connectivity index (χ0v) is 10.5. The van der Waals surface area contributed by atoms with E-state index in [0.29, 0.717) is 12.0 Å². The zero-order valence-electron chi connectivity index (χ0n) is 10.5. The van der Waals surface area contributed by atoms with Gasteiger partial charge in [0, 0.05) is 5.56 Å². The number of benzene rings is 2. The zero-order chi connectivity index (χ0) is 14.5.